The summed E-state index contributed by atoms with van der Waals surface area (Å²) in [7, 11) is 0. The van der Waals surface area contributed by atoms with Crippen molar-refractivity contribution in [3.8, 4) is 5.75 Å². The van der Waals surface area contributed by atoms with Crippen LogP contribution in [0, 0.1) is 11.3 Å². The fraction of sp³-hybridized carbons (Fsp3) is 0.286. The predicted octanol–water partition coefficient (Wildman–Crippen LogP) is 5.92. The molecule has 2 aromatic carbocycles. The Bertz CT molecular complexity index is 1420. The van der Waals surface area contributed by atoms with E-state index in [1.54, 1.807) is 6.08 Å². The average Bonchev–Trinajstić information content (AvgIpc) is 3.50. The first-order chi connectivity index (χ1) is 17.7. The van der Waals surface area contributed by atoms with Crippen LogP contribution in [0.5, 0.6) is 5.75 Å². The highest BCUT2D eigenvalue weighted by molar-refractivity contribution is 8.27. The van der Waals surface area contributed by atoms with E-state index in [4.69, 9.17) is 15.2 Å². The number of aromatic nitrogens is 1. The molecule has 1 fully saturated rings. The number of fused-ring (bicyclic) bond motifs is 2. The number of nitrogens with one attached hydrogen (secondary N) is 1. The quantitative estimate of drug-likeness (QED) is 0.429. The molecule has 0 radical (unpaired) electrons. The van der Waals surface area contributed by atoms with Crippen molar-refractivity contribution in [3.05, 3.63) is 71.9 Å². The summed E-state index contributed by atoms with van der Waals surface area (Å²) in [4.78, 5) is 17.3. The maximum absolute atomic E-state index is 13.0. The molecule has 36 heavy (non-hydrogen) atoms. The number of hydrogen-bond acceptors (Lipinski definition) is 5. The van der Waals surface area contributed by atoms with Crippen molar-refractivity contribution in [2.24, 2.45) is 16.0 Å². The first-order valence-corrected chi connectivity index (χ1v) is 13.2. The van der Waals surface area contributed by atoms with Gasteiger partial charge in [0.2, 0.25) is 5.17 Å². The van der Waals surface area contributed by atoms with Crippen molar-refractivity contribution < 1.29 is 9.53 Å². The van der Waals surface area contributed by atoms with Gasteiger partial charge < -0.3 is 9.30 Å². The van der Waals surface area contributed by atoms with Gasteiger partial charge in [0, 0.05) is 28.6 Å². The molecule has 0 spiro atoms. The van der Waals surface area contributed by atoms with Gasteiger partial charge in [0.1, 0.15) is 17.4 Å². The molecule has 2 aliphatic heterocycles. The SMILES string of the molecule is N=C1/C(=C/c2cn(CCOc3ccccc3)c3ccccc23)C(=O)N=C2SC(C3CCCCC3)=NN12. The number of carbonyl (C=O) groups is 1. The fourth-order valence-electron chi connectivity index (χ4n) is 5.03. The molecule has 3 heterocycles. The van der Waals surface area contributed by atoms with Gasteiger partial charge >= 0.3 is 0 Å². The largest absolute Gasteiger partial charge is 0.492 e. The van der Waals surface area contributed by atoms with Crippen LogP contribution in [0.1, 0.15) is 37.7 Å². The zero-order valence-corrected chi connectivity index (χ0v) is 20.7. The number of hydrazone groups is 1. The van der Waals surface area contributed by atoms with Crippen molar-refractivity contribution in [1.82, 2.24) is 9.58 Å². The zero-order chi connectivity index (χ0) is 24.5. The van der Waals surface area contributed by atoms with Crippen LogP contribution < -0.4 is 4.74 Å². The Morgan fingerprint density at radius 3 is 2.67 bits per heavy atom. The Hall–Kier alpha value is -3.65. The number of amides is 1. The van der Waals surface area contributed by atoms with E-state index in [1.165, 1.54) is 36.0 Å². The third-order valence-corrected chi connectivity index (χ3v) is 7.96. The van der Waals surface area contributed by atoms with Crippen LogP contribution in [0.2, 0.25) is 0 Å². The van der Waals surface area contributed by atoms with Crippen molar-refractivity contribution in [2.45, 2.75) is 38.6 Å². The van der Waals surface area contributed by atoms with Gasteiger partial charge in [-0.25, -0.2) is 0 Å². The summed E-state index contributed by atoms with van der Waals surface area (Å²) < 4.78 is 8.02. The van der Waals surface area contributed by atoms with Crippen LogP contribution in [-0.4, -0.2) is 38.1 Å². The van der Waals surface area contributed by atoms with Crippen LogP contribution in [0.4, 0.5) is 0 Å². The molecule has 1 aliphatic carbocycles. The predicted molar refractivity (Wildman–Crippen MR) is 145 cm³/mol. The summed E-state index contributed by atoms with van der Waals surface area (Å²) in [5.74, 6) is 0.946. The number of hydrogen-bond donors (Lipinski definition) is 1. The Morgan fingerprint density at radius 1 is 1.06 bits per heavy atom. The van der Waals surface area contributed by atoms with Crippen molar-refractivity contribution >= 4 is 50.7 Å². The van der Waals surface area contributed by atoms with Crippen LogP contribution >= 0.6 is 11.8 Å². The third kappa shape index (κ3) is 4.37. The van der Waals surface area contributed by atoms with Crippen LogP contribution in [-0.2, 0) is 11.3 Å². The van der Waals surface area contributed by atoms with Crippen LogP contribution in [0.25, 0.3) is 17.0 Å². The molecule has 0 saturated heterocycles. The molecule has 7 nitrogen and oxygen atoms in total. The first-order valence-electron chi connectivity index (χ1n) is 12.4. The molecule has 6 rings (SSSR count). The number of para-hydroxylation sites is 2. The minimum absolute atomic E-state index is 0.0903. The maximum Gasteiger partial charge on any atom is 0.283 e. The number of amidine groups is 2. The van der Waals surface area contributed by atoms with E-state index in [1.807, 2.05) is 54.7 Å². The van der Waals surface area contributed by atoms with E-state index in [9.17, 15) is 4.79 Å². The Kier molecular flexibility index (Phi) is 6.19. The standard InChI is InChI=1S/C28H27N5O2S/c29-25-23(26(34)30-28-33(25)31-27(36-28)19-9-3-1-4-10-19)17-20-18-32(24-14-8-7-13-22(20)24)15-16-35-21-11-5-2-6-12-21/h2,5-8,11-14,17-19,29H,1,3-4,9-10,15-16H2/b23-17-,29-25?. The lowest BCUT2D eigenvalue weighted by molar-refractivity contribution is -0.114. The van der Waals surface area contributed by atoms with E-state index in [-0.39, 0.29) is 17.3 Å². The summed E-state index contributed by atoms with van der Waals surface area (Å²) in [6.45, 7) is 1.18. The highest BCUT2D eigenvalue weighted by Gasteiger charge is 2.38. The molecule has 1 aromatic heterocycles. The molecular formula is C28H27N5O2S. The molecular weight excluding hydrogens is 470 g/mol. The van der Waals surface area contributed by atoms with Crippen LogP contribution in [0.3, 0.4) is 0 Å². The number of aliphatic imine (C=N–C) groups is 1. The molecule has 3 aromatic rings. The second-order valence-electron chi connectivity index (χ2n) is 9.25. The molecule has 1 amide bonds. The van der Waals surface area contributed by atoms with Crippen molar-refractivity contribution in [3.63, 3.8) is 0 Å². The third-order valence-electron chi connectivity index (χ3n) is 6.89. The van der Waals surface area contributed by atoms with E-state index in [2.05, 4.69) is 15.6 Å². The van der Waals surface area contributed by atoms with Gasteiger partial charge in [-0.3, -0.25) is 10.2 Å². The van der Waals surface area contributed by atoms with Gasteiger partial charge in [0.05, 0.1) is 12.1 Å². The lowest BCUT2D eigenvalue weighted by atomic mass is 9.90. The topological polar surface area (TPSA) is 83.0 Å². The lowest BCUT2D eigenvalue weighted by Crippen LogP contribution is -2.35. The van der Waals surface area contributed by atoms with Gasteiger partial charge in [-0.2, -0.15) is 15.1 Å². The van der Waals surface area contributed by atoms with Crippen molar-refractivity contribution in [2.75, 3.05) is 6.61 Å². The number of rotatable bonds is 6. The highest BCUT2D eigenvalue weighted by Crippen LogP contribution is 2.36. The monoisotopic (exact) mass is 497 g/mol. The number of nitrogens with zero attached hydrogens (tertiary/aromatic N) is 4. The van der Waals surface area contributed by atoms with E-state index < -0.39 is 0 Å². The highest BCUT2D eigenvalue weighted by atomic mass is 32.2. The first kappa shape index (κ1) is 22.8. The second-order valence-corrected chi connectivity index (χ2v) is 10.2. The zero-order valence-electron chi connectivity index (χ0n) is 19.9. The average molecular weight is 498 g/mol. The molecule has 0 bridgehead atoms. The summed E-state index contributed by atoms with van der Waals surface area (Å²) in [6.07, 6.45) is 9.71. The van der Waals surface area contributed by atoms with Gasteiger partial charge in [0.25, 0.3) is 5.91 Å². The number of benzene rings is 2. The van der Waals surface area contributed by atoms with E-state index in [0.29, 0.717) is 24.2 Å². The molecule has 1 saturated carbocycles. The smallest absolute Gasteiger partial charge is 0.283 e. The summed E-state index contributed by atoms with van der Waals surface area (Å²) >= 11 is 1.45. The fourth-order valence-corrected chi connectivity index (χ4v) is 6.09. The number of ether oxygens (including phenoxy) is 1. The molecule has 0 atom stereocenters. The Morgan fingerprint density at radius 2 is 1.83 bits per heavy atom. The summed E-state index contributed by atoms with van der Waals surface area (Å²) in [5.41, 5.74) is 2.19. The van der Waals surface area contributed by atoms with Gasteiger partial charge in [-0.1, -0.05) is 55.7 Å². The molecule has 182 valence electrons. The minimum Gasteiger partial charge on any atom is -0.492 e. The number of thioether (sulfide) groups is 1. The van der Waals surface area contributed by atoms with Gasteiger partial charge in [-0.15, -0.1) is 0 Å². The molecule has 1 N–H and O–H groups in total. The van der Waals surface area contributed by atoms with E-state index >= 15 is 0 Å². The normalized spacial score (nSPS) is 19.6. The molecule has 0 unspecified atom stereocenters. The van der Waals surface area contributed by atoms with Gasteiger partial charge in [0.15, 0.2) is 5.84 Å². The maximum atomic E-state index is 13.0. The minimum atomic E-state index is -0.386. The number of carbonyl (C=O) groups excluding carboxylic acids is 1. The second kappa shape index (κ2) is 9.78. The van der Waals surface area contributed by atoms with Crippen molar-refractivity contribution in [1.29, 1.82) is 5.41 Å². The van der Waals surface area contributed by atoms with Gasteiger partial charge in [-0.05, 0) is 48.9 Å². The molecule has 8 heteroatoms. The van der Waals surface area contributed by atoms with Crippen LogP contribution in [0.15, 0.2) is 76.5 Å². The Labute approximate surface area is 214 Å². The summed E-state index contributed by atoms with van der Waals surface area (Å²) in [5, 5.41) is 17.6. The Balaban J connectivity index is 1.26. The lowest BCUT2D eigenvalue weighted by Gasteiger charge is -2.20. The summed E-state index contributed by atoms with van der Waals surface area (Å²) in [6, 6.07) is 17.8. The van der Waals surface area contributed by atoms with E-state index in [0.717, 1.165) is 40.1 Å². The molecule has 3 aliphatic rings.